The van der Waals surface area contributed by atoms with Crippen molar-refractivity contribution in [2.24, 2.45) is 0 Å². The highest BCUT2D eigenvalue weighted by Gasteiger charge is 2.10. The van der Waals surface area contributed by atoms with Crippen LogP contribution in [0.4, 0.5) is 5.69 Å². The van der Waals surface area contributed by atoms with Gasteiger partial charge in [0.1, 0.15) is 5.76 Å². The van der Waals surface area contributed by atoms with Gasteiger partial charge in [-0.15, -0.1) is 0 Å². The Labute approximate surface area is 204 Å². The molecule has 1 aliphatic rings. The van der Waals surface area contributed by atoms with Crippen LogP contribution in [0.3, 0.4) is 0 Å². The summed E-state index contributed by atoms with van der Waals surface area (Å²) in [4.78, 5) is 0. The first-order valence-electron chi connectivity index (χ1n) is 13.9. The first-order chi connectivity index (χ1) is 16.2. The van der Waals surface area contributed by atoms with Gasteiger partial charge >= 0.3 is 0 Å². The summed E-state index contributed by atoms with van der Waals surface area (Å²) in [5, 5.41) is 2.04. The molecular formula is C30H50N2O. The van der Waals surface area contributed by atoms with Crippen molar-refractivity contribution >= 4 is 5.69 Å². The van der Waals surface area contributed by atoms with Gasteiger partial charge in [0, 0.05) is 6.20 Å². The Kier molecular flexibility index (Phi) is 14.6. The van der Waals surface area contributed by atoms with Gasteiger partial charge in [-0.1, -0.05) is 103 Å². The third kappa shape index (κ3) is 12.2. The van der Waals surface area contributed by atoms with E-state index in [2.05, 4.69) is 62.7 Å². The van der Waals surface area contributed by atoms with Gasteiger partial charge in [0.15, 0.2) is 0 Å². The minimum absolute atomic E-state index is 0.260. The summed E-state index contributed by atoms with van der Waals surface area (Å²) in [7, 11) is 0. The van der Waals surface area contributed by atoms with Gasteiger partial charge < -0.3 is 4.74 Å². The summed E-state index contributed by atoms with van der Waals surface area (Å²) in [6.07, 6.45) is 27.7. The number of nitrogens with zero attached hydrogens (tertiary/aromatic N) is 1. The number of aryl methyl sites for hydroxylation is 1. The number of nitrogens with one attached hydrogen (secondary N) is 1. The number of hydrogen-bond donors (Lipinski definition) is 1. The average Bonchev–Trinajstić information content (AvgIpc) is 2.84. The van der Waals surface area contributed by atoms with Gasteiger partial charge in [-0.25, -0.2) is 0 Å². The number of hydrogen-bond acceptors (Lipinski definition) is 3. The Bertz CT molecular complexity index is 664. The van der Waals surface area contributed by atoms with Crippen LogP contribution in [-0.2, 0) is 11.2 Å². The molecule has 1 aromatic carbocycles. The zero-order valence-electron chi connectivity index (χ0n) is 21.8. The molecule has 1 atom stereocenters. The topological polar surface area (TPSA) is 24.5 Å². The number of unbranched alkanes of at least 4 members (excludes halogenated alkanes) is 12. The van der Waals surface area contributed by atoms with Crippen molar-refractivity contribution in [3.8, 4) is 0 Å². The predicted molar refractivity (Wildman–Crippen MR) is 144 cm³/mol. The van der Waals surface area contributed by atoms with Gasteiger partial charge in [0.25, 0.3) is 0 Å². The molecule has 0 aromatic heterocycles. The molecule has 186 valence electrons. The number of ether oxygens (including phenoxy) is 1. The van der Waals surface area contributed by atoms with Crippen LogP contribution in [0.2, 0.25) is 0 Å². The van der Waals surface area contributed by atoms with E-state index in [4.69, 9.17) is 4.74 Å². The lowest BCUT2D eigenvalue weighted by atomic mass is 10.0. The maximum Gasteiger partial charge on any atom is 0.138 e. The summed E-state index contributed by atoms with van der Waals surface area (Å²) in [5.74, 6) is 0.909. The van der Waals surface area contributed by atoms with Crippen LogP contribution in [0.5, 0.6) is 0 Å². The standard InChI is InChI=1S/C30H50N2O/c1-4-6-8-10-11-12-13-14-15-17-19-28-20-22-29(23-21-28)32-25-24-30(26-31-32)33-27(3)18-16-9-7-5-2/h20-27,31H,4-19H2,1-3H3. The van der Waals surface area contributed by atoms with Gasteiger partial charge in [0.05, 0.1) is 18.0 Å². The van der Waals surface area contributed by atoms with Crippen LogP contribution < -0.4 is 10.4 Å². The SMILES string of the molecule is CCCCCCCCCCCCc1ccc(N2C=CC(OC(C)CCCCCC)=CN2)cc1. The summed E-state index contributed by atoms with van der Waals surface area (Å²) < 4.78 is 6.06. The Morgan fingerprint density at radius 2 is 1.33 bits per heavy atom. The molecule has 0 radical (unpaired) electrons. The van der Waals surface area contributed by atoms with Crippen molar-refractivity contribution in [2.75, 3.05) is 5.01 Å². The molecular weight excluding hydrogens is 404 g/mol. The van der Waals surface area contributed by atoms with Crippen LogP contribution >= 0.6 is 0 Å². The molecule has 3 heteroatoms. The first-order valence-corrected chi connectivity index (χ1v) is 13.9. The molecule has 0 fully saturated rings. The normalized spacial score (nSPS) is 14.2. The third-order valence-electron chi connectivity index (χ3n) is 6.57. The fourth-order valence-electron chi connectivity index (χ4n) is 4.40. The molecule has 0 spiro atoms. The second kappa shape index (κ2) is 17.6. The fraction of sp³-hybridized carbons (Fsp3) is 0.667. The smallest absolute Gasteiger partial charge is 0.138 e. The highest BCUT2D eigenvalue weighted by atomic mass is 16.5. The minimum atomic E-state index is 0.260. The quantitative estimate of drug-likeness (QED) is 0.211. The summed E-state index contributed by atoms with van der Waals surface area (Å²) in [6, 6.07) is 8.96. The van der Waals surface area contributed by atoms with E-state index in [1.165, 1.54) is 102 Å². The van der Waals surface area contributed by atoms with Crippen LogP contribution in [0.25, 0.3) is 0 Å². The second-order valence-corrected chi connectivity index (χ2v) is 9.74. The molecule has 1 aliphatic heterocycles. The van der Waals surface area contributed by atoms with E-state index in [1.54, 1.807) is 0 Å². The summed E-state index contributed by atoms with van der Waals surface area (Å²) >= 11 is 0. The fourth-order valence-corrected chi connectivity index (χ4v) is 4.40. The molecule has 0 bridgehead atoms. The lowest BCUT2D eigenvalue weighted by Crippen LogP contribution is -2.31. The molecule has 0 amide bonds. The van der Waals surface area contributed by atoms with E-state index in [-0.39, 0.29) is 6.10 Å². The Morgan fingerprint density at radius 1 is 0.758 bits per heavy atom. The van der Waals surface area contributed by atoms with Crippen molar-refractivity contribution in [1.82, 2.24) is 5.43 Å². The lowest BCUT2D eigenvalue weighted by molar-refractivity contribution is 0.128. The van der Waals surface area contributed by atoms with Gasteiger partial charge in [-0.3, -0.25) is 10.4 Å². The van der Waals surface area contributed by atoms with E-state index in [0.717, 1.165) is 17.9 Å². The molecule has 1 heterocycles. The molecule has 0 saturated carbocycles. The van der Waals surface area contributed by atoms with Crippen LogP contribution in [0.15, 0.2) is 48.5 Å². The second-order valence-electron chi connectivity index (χ2n) is 9.74. The third-order valence-corrected chi connectivity index (χ3v) is 6.57. The monoisotopic (exact) mass is 454 g/mol. The van der Waals surface area contributed by atoms with E-state index >= 15 is 0 Å². The largest absolute Gasteiger partial charge is 0.489 e. The van der Waals surface area contributed by atoms with Crippen LogP contribution in [0, 0.1) is 0 Å². The van der Waals surface area contributed by atoms with Crippen molar-refractivity contribution in [3.63, 3.8) is 0 Å². The van der Waals surface area contributed by atoms with Crippen molar-refractivity contribution < 1.29 is 4.74 Å². The van der Waals surface area contributed by atoms with Crippen molar-refractivity contribution in [3.05, 3.63) is 54.1 Å². The molecule has 1 unspecified atom stereocenters. The zero-order chi connectivity index (χ0) is 23.6. The Morgan fingerprint density at radius 3 is 1.91 bits per heavy atom. The maximum atomic E-state index is 6.06. The summed E-state index contributed by atoms with van der Waals surface area (Å²) in [5.41, 5.74) is 5.93. The van der Waals surface area contributed by atoms with E-state index in [1.807, 2.05) is 11.2 Å². The molecule has 1 aromatic rings. The first kappa shape index (κ1) is 27.3. The molecule has 33 heavy (non-hydrogen) atoms. The van der Waals surface area contributed by atoms with Gasteiger partial charge in [0.2, 0.25) is 0 Å². The maximum absolute atomic E-state index is 6.06. The number of hydrazine groups is 1. The van der Waals surface area contributed by atoms with E-state index in [0.29, 0.717) is 0 Å². The highest BCUT2D eigenvalue weighted by molar-refractivity contribution is 5.50. The molecule has 3 nitrogen and oxygen atoms in total. The molecule has 1 N–H and O–H groups in total. The highest BCUT2D eigenvalue weighted by Crippen LogP contribution is 2.20. The van der Waals surface area contributed by atoms with E-state index < -0.39 is 0 Å². The Balaban J connectivity index is 1.58. The van der Waals surface area contributed by atoms with Crippen molar-refractivity contribution in [1.29, 1.82) is 0 Å². The number of allylic oxidation sites excluding steroid dienone is 1. The predicted octanol–water partition coefficient (Wildman–Crippen LogP) is 9.21. The average molecular weight is 455 g/mol. The molecule has 0 aliphatic carbocycles. The summed E-state index contributed by atoms with van der Waals surface area (Å²) in [6.45, 7) is 6.71. The van der Waals surface area contributed by atoms with Crippen LogP contribution in [-0.4, -0.2) is 6.10 Å². The zero-order valence-corrected chi connectivity index (χ0v) is 21.8. The van der Waals surface area contributed by atoms with Crippen molar-refractivity contribution in [2.45, 2.75) is 130 Å². The number of benzene rings is 1. The van der Waals surface area contributed by atoms with Gasteiger partial charge in [-0.2, -0.15) is 0 Å². The van der Waals surface area contributed by atoms with Crippen LogP contribution in [0.1, 0.15) is 123 Å². The lowest BCUT2D eigenvalue weighted by Gasteiger charge is -2.25. The molecule has 2 rings (SSSR count). The van der Waals surface area contributed by atoms with Gasteiger partial charge in [-0.05, 0) is 56.4 Å². The van der Waals surface area contributed by atoms with E-state index in [9.17, 15) is 0 Å². The Hall–Kier alpha value is -1.90. The number of anilines is 1. The number of rotatable bonds is 19. The minimum Gasteiger partial charge on any atom is -0.489 e. The molecule has 0 saturated heterocycles.